The maximum atomic E-state index is 12.5. The monoisotopic (exact) mass is 462 g/mol. The number of amides is 2. The quantitative estimate of drug-likeness (QED) is 0.419. The molecule has 3 heterocycles. The molecule has 2 aromatic heterocycles. The number of aryl methyl sites for hydroxylation is 1. The molecule has 2 amide bonds. The van der Waals surface area contributed by atoms with E-state index in [1.54, 1.807) is 43.0 Å². The van der Waals surface area contributed by atoms with Crippen LogP contribution in [0.1, 0.15) is 17.7 Å². The van der Waals surface area contributed by atoms with Gasteiger partial charge in [-0.3, -0.25) is 9.59 Å². The lowest BCUT2D eigenvalue weighted by Gasteiger charge is -2.11. The molecule has 162 valence electrons. The Balaban J connectivity index is 1.49. The number of imidazole rings is 1. The maximum Gasteiger partial charge on any atom is 0.314 e. The lowest BCUT2D eigenvalue weighted by atomic mass is 10.2. The number of rotatable bonds is 6. The van der Waals surface area contributed by atoms with Crippen molar-refractivity contribution in [2.45, 2.75) is 24.5 Å². The summed E-state index contributed by atoms with van der Waals surface area (Å²) in [5.41, 5.74) is 1.26. The zero-order valence-corrected chi connectivity index (χ0v) is 17.9. The average molecular weight is 463 g/mol. The van der Waals surface area contributed by atoms with Gasteiger partial charge in [-0.05, 0) is 24.6 Å². The van der Waals surface area contributed by atoms with E-state index in [4.69, 9.17) is 11.6 Å². The first-order chi connectivity index (χ1) is 14.8. The van der Waals surface area contributed by atoms with Gasteiger partial charge in [-0.1, -0.05) is 17.7 Å². The highest BCUT2D eigenvalue weighted by Crippen LogP contribution is 2.33. The van der Waals surface area contributed by atoms with Crippen molar-refractivity contribution in [2.75, 3.05) is 11.9 Å². The molecule has 0 radical (unpaired) electrons. The fourth-order valence-electron chi connectivity index (χ4n) is 3.29. The summed E-state index contributed by atoms with van der Waals surface area (Å²) in [5, 5.41) is 9.87. The number of fused-ring (bicyclic) bond motifs is 1. The van der Waals surface area contributed by atoms with Crippen LogP contribution in [0.2, 0.25) is 5.02 Å². The normalized spacial score (nSPS) is 14.2. The standard InChI is InChI=1S/C19H19ClN6O4S/c20-13-3-1-4-14(9-13)26-17(15-10-31(29,30)11-16(15)24-26)23-19(28)18(27)22-5-2-7-25-8-6-21-12-25/h1,3-4,6,8-9,12H,2,5,7,10-11H2,(H,22,27)(H,23,28). The Kier molecular flexibility index (Phi) is 5.79. The zero-order chi connectivity index (χ0) is 22.0. The smallest absolute Gasteiger partial charge is 0.314 e. The minimum atomic E-state index is -3.35. The van der Waals surface area contributed by atoms with Gasteiger partial charge in [-0.15, -0.1) is 0 Å². The number of hydrogen-bond donors (Lipinski definition) is 2. The van der Waals surface area contributed by atoms with Gasteiger partial charge in [0.2, 0.25) is 0 Å². The van der Waals surface area contributed by atoms with Gasteiger partial charge in [0.25, 0.3) is 0 Å². The first kappa shape index (κ1) is 21.1. The molecule has 0 spiro atoms. The number of carbonyl (C=O) groups is 2. The lowest BCUT2D eigenvalue weighted by Crippen LogP contribution is -2.36. The molecule has 0 atom stereocenters. The van der Waals surface area contributed by atoms with Gasteiger partial charge in [-0.2, -0.15) is 5.10 Å². The predicted molar refractivity (Wildman–Crippen MR) is 113 cm³/mol. The fourth-order valence-corrected chi connectivity index (χ4v) is 4.97. The third-order valence-corrected chi connectivity index (χ3v) is 6.39. The number of anilines is 1. The summed E-state index contributed by atoms with van der Waals surface area (Å²) in [6.45, 7) is 0.944. The summed E-state index contributed by atoms with van der Waals surface area (Å²) < 4.78 is 27.3. The number of nitrogens with zero attached hydrogens (tertiary/aromatic N) is 4. The van der Waals surface area contributed by atoms with E-state index in [2.05, 4.69) is 20.7 Å². The highest BCUT2D eigenvalue weighted by Gasteiger charge is 2.33. The highest BCUT2D eigenvalue weighted by atomic mass is 35.5. The van der Waals surface area contributed by atoms with Crippen molar-refractivity contribution < 1.29 is 18.0 Å². The zero-order valence-electron chi connectivity index (χ0n) is 16.3. The Hall–Kier alpha value is -3.18. The molecule has 3 aromatic rings. The SMILES string of the molecule is O=C(NCCCn1ccnc1)C(=O)Nc1c2c(nn1-c1cccc(Cl)c1)CS(=O)(=O)C2. The fraction of sp³-hybridized carbons (Fsp3) is 0.263. The van der Waals surface area contributed by atoms with Crippen LogP contribution in [0.15, 0.2) is 43.0 Å². The van der Waals surface area contributed by atoms with Crippen molar-refractivity contribution >= 4 is 39.1 Å². The molecule has 1 aromatic carbocycles. The molecule has 0 saturated carbocycles. The number of aromatic nitrogens is 4. The van der Waals surface area contributed by atoms with E-state index in [1.807, 2.05) is 4.57 Å². The van der Waals surface area contributed by atoms with Crippen LogP contribution in [-0.4, -0.2) is 46.1 Å². The number of nitrogens with one attached hydrogen (secondary N) is 2. The molecule has 31 heavy (non-hydrogen) atoms. The molecule has 0 aliphatic carbocycles. The van der Waals surface area contributed by atoms with E-state index < -0.39 is 21.7 Å². The summed E-state index contributed by atoms with van der Waals surface area (Å²) in [6.07, 6.45) is 5.75. The van der Waals surface area contributed by atoms with Crippen LogP contribution in [0.5, 0.6) is 0 Å². The van der Waals surface area contributed by atoms with Crippen LogP contribution >= 0.6 is 11.6 Å². The van der Waals surface area contributed by atoms with E-state index in [0.717, 1.165) is 0 Å². The van der Waals surface area contributed by atoms with E-state index in [1.165, 1.54) is 4.68 Å². The van der Waals surface area contributed by atoms with Crippen molar-refractivity contribution in [1.29, 1.82) is 0 Å². The Morgan fingerprint density at radius 1 is 1.19 bits per heavy atom. The van der Waals surface area contributed by atoms with Crippen molar-refractivity contribution in [3.63, 3.8) is 0 Å². The van der Waals surface area contributed by atoms with Crippen LogP contribution in [0.4, 0.5) is 5.82 Å². The first-order valence-electron chi connectivity index (χ1n) is 9.44. The predicted octanol–water partition coefficient (Wildman–Crippen LogP) is 1.30. The second-order valence-corrected chi connectivity index (χ2v) is 9.56. The molecule has 1 aliphatic heterocycles. The van der Waals surface area contributed by atoms with Gasteiger partial charge in [0.15, 0.2) is 9.84 Å². The van der Waals surface area contributed by atoms with E-state index in [0.29, 0.717) is 41.5 Å². The maximum absolute atomic E-state index is 12.5. The molecule has 1 aliphatic rings. The van der Waals surface area contributed by atoms with Crippen LogP contribution in [0, 0.1) is 0 Å². The van der Waals surface area contributed by atoms with Crippen LogP contribution < -0.4 is 10.6 Å². The topological polar surface area (TPSA) is 128 Å². The highest BCUT2D eigenvalue weighted by molar-refractivity contribution is 7.90. The van der Waals surface area contributed by atoms with Crippen LogP contribution in [0.25, 0.3) is 5.69 Å². The average Bonchev–Trinajstić information content (AvgIpc) is 3.41. The van der Waals surface area contributed by atoms with Gasteiger partial charge < -0.3 is 15.2 Å². The second-order valence-electron chi connectivity index (χ2n) is 7.06. The minimum absolute atomic E-state index is 0.150. The Morgan fingerprint density at radius 2 is 2.03 bits per heavy atom. The van der Waals surface area contributed by atoms with Gasteiger partial charge in [0.05, 0.1) is 29.2 Å². The van der Waals surface area contributed by atoms with Crippen molar-refractivity contribution in [3.8, 4) is 5.69 Å². The molecule has 4 rings (SSSR count). The van der Waals surface area contributed by atoms with Gasteiger partial charge in [0.1, 0.15) is 5.82 Å². The summed E-state index contributed by atoms with van der Waals surface area (Å²) in [5.74, 6) is -2.06. The molecular formula is C19H19ClN6O4S. The number of hydrogen-bond acceptors (Lipinski definition) is 6. The minimum Gasteiger partial charge on any atom is -0.348 e. The number of benzene rings is 1. The molecular weight excluding hydrogens is 444 g/mol. The number of sulfone groups is 1. The summed E-state index contributed by atoms with van der Waals surface area (Å²) in [6, 6.07) is 6.74. The molecule has 0 saturated heterocycles. The summed E-state index contributed by atoms with van der Waals surface area (Å²) in [7, 11) is -3.35. The Morgan fingerprint density at radius 3 is 2.77 bits per heavy atom. The van der Waals surface area contributed by atoms with E-state index >= 15 is 0 Å². The summed E-state index contributed by atoms with van der Waals surface area (Å²) >= 11 is 6.06. The van der Waals surface area contributed by atoms with Crippen molar-refractivity contribution in [1.82, 2.24) is 24.6 Å². The molecule has 0 bridgehead atoms. The second kappa shape index (κ2) is 8.52. The van der Waals surface area contributed by atoms with E-state index in [9.17, 15) is 18.0 Å². The van der Waals surface area contributed by atoms with Gasteiger partial charge in [-0.25, -0.2) is 18.1 Å². The third-order valence-electron chi connectivity index (χ3n) is 4.72. The third kappa shape index (κ3) is 4.78. The first-order valence-corrected chi connectivity index (χ1v) is 11.6. The number of halogens is 1. The molecule has 0 fully saturated rings. The van der Waals surface area contributed by atoms with E-state index in [-0.39, 0.29) is 17.3 Å². The van der Waals surface area contributed by atoms with Crippen molar-refractivity contribution in [3.05, 3.63) is 59.3 Å². The number of carbonyl (C=O) groups excluding carboxylic acids is 2. The van der Waals surface area contributed by atoms with Crippen molar-refractivity contribution in [2.24, 2.45) is 0 Å². The molecule has 0 unspecified atom stereocenters. The summed E-state index contributed by atoms with van der Waals surface area (Å²) in [4.78, 5) is 28.7. The molecule has 10 nitrogen and oxygen atoms in total. The molecule has 12 heteroatoms. The van der Waals surface area contributed by atoms with Crippen LogP contribution in [0.3, 0.4) is 0 Å². The molecule has 2 N–H and O–H groups in total. The largest absolute Gasteiger partial charge is 0.348 e. The van der Waals surface area contributed by atoms with Gasteiger partial charge in [0, 0.05) is 36.1 Å². The lowest BCUT2D eigenvalue weighted by molar-refractivity contribution is -0.136. The Bertz CT molecular complexity index is 1240. The van der Waals surface area contributed by atoms with Crippen LogP contribution in [-0.2, 0) is 37.5 Å². The van der Waals surface area contributed by atoms with Gasteiger partial charge >= 0.3 is 11.8 Å². The Labute approximate surface area is 183 Å².